The molecule has 18 heavy (non-hydrogen) atoms. The van der Waals surface area contributed by atoms with Gasteiger partial charge in [-0.05, 0) is 37.6 Å². The van der Waals surface area contributed by atoms with E-state index in [0.29, 0.717) is 11.3 Å². The third kappa shape index (κ3) is 3.97. The van der Waals surface area contributed by atoms with Gasteiger partial charge < -0.3 is 10.1 Å². The van der Waals surface area contributed by atoms with Gasteiger partial charge in [0.2, 0.25) is 0 Å². The van der Waals surface area contributed by atoms with Gasteiger partial charge in [-0.2, -0.15) is 0 Å². The normalized spacial score (nSPS) is 24.1. The van der Waals surface area contributed by atoms with Crippen molar-refractivity contribution >= 4 is 11.8 Å². The lowest BCUT2D eigenvalue weighted by molar-refractivity contribution is 0.0833. The van der Waals surface area contributed by atoms with Crippen molar-refractivity contribution in [3.8, 4) is 0 Å². The summed E-state index contributed by atoms with van der Waals surface area (Å²) in [7, 11) is 0. The van der Waals surface area contributed by atoms with Crippen LogP contribution in [-0.2, 0) is 4.74 Å². The van der Waals surface area contributed by atoms with E-state index in [1.807, 2.05) is 6.07 Å². The predicted octanol–water partition coefficient (Wildman–Crippen LogP) is 3.07. The van der Waals surface area contributed by atoms with Crippen LogP contribution in [-0.4, -0.2) is 31.1 Å². The summed E-state index contributed by atoms with van der Waals surface area (Å²) in [6, 6.07) is 7.26. The average molecular weight is 269 g/mol. The Morgan fingerprint density at radius 3 is 3.17 bits per heavy atom. The van der Waals surface area contributed by atoms with E-state index in [1.165, 1.54) is 6.07 Å². The maximum atomic E-state index is 13.2. The van der Waals surface area contributed by atoms with E-state index in [4.69, 9.17) is 4.74 Å². The SMILES string of the molecule is CCCNC1CCOCC1Sc1cccc(F)c1. The number of thioether (sulfide) groups is 1. The minimum absolute atomic E-state index is 0.171. The summed E-state index contributed by atoms with van der Waals surface area (Å²) in [6.07, 6.45) is 2.17. The smallest absolute Gasteiger partial charge is 0.124 e. The second-order valence-electron chi connectivity index (χ2n) is 4.54. The number of benzene rings is 1. The van der Waals surface area contributed by atoms with E-state index in [9.17, 15) is 4.39 Å². The quantitative estimate of drug-likeness (QED) is 0.887. The molecule has 0 aliphatic carbocycles. The van der Waals surface area contributed by atoms with Crippen LogP contribution in [0.4, 0.5) is 4.39 Å². The summed E-state index contributed by atoms with van der Waals surface area (Å²) in [5, 5.41) is 3.93. The largest absolute Gasteiger partial charge is 0.380 e. The highest BCUT2D eigenvalue weighted by Gasteiger charge is 2.26. The second-order valence-corrected chi connectivity index (χ2v) is 5.85. The molecule has 0 radical (unpaired) electrons. The molecule has 100 valence electrons. The Kier molecular flexibility index (Phi) is 5.47. The van der Waals surface area contributed by atoms with Crippen molar-refractivity contribution in [3.05, 3.63) is 30.1 Å². The molecule has 1 N–H and O–H groups in total. The second kappa shape index (κ2) is 7.12. The summed E-state index contributed by atoms with van der Waals surface area (Å²) < 4.78 is 18.7. The van der Waals surface area contributed by atoms with Crippen LogP contribution >= 0.6 is 11.8 Å². The Morgan fingerprint density at radius 1 is 1.50 bits per heavy atom. The molecule has 0 aromatic heterocycles. The van der Waals surface area contributed by atoms with Crippen LogP contribution in [0.5, 0.6) is 0 Å². The molecular formula is C14H20FNOS. The molecule has 1 fully saturated rings. The summed E-state index contributed by atoms with van der Waals surface area (Å²) in [5.41, 5.74) is 0. The zero-order valence-corrected chi connectivity index (χ0v) is 11.5. The lowest BCUT2D eigenvalue weighted by Crippen LogP contribution is -2.45. The summed E-state index contributed by atoms with van der Waals surface area (Å²) in [4.78, 5) is 0.980. The van der Waals surface area contributed by atoms with Crippen molar-refractivity contribution in [3.63, 3.8) is 0 Å². The maximum absolute atomic E-state index is 13.2. The Bertz CT molecular complexity index is 375. The molecule has 2 rings (SSSR count). The molecule has 0 amide bonds. The Hall–Kier alpha value is -0.580. The van der Waals surface area contributed by atoms with Crippen LogP contribution in [0, 0.1) is 5.82 Å². The van der Waals surface area contributed by atoms with Gasteiger partial charge in [-0.1, -0.05) is 13.0 Å². The highest BCUT2D eigenvalue weighted by atomic mass is 32.2. The van der Waals surface area contributed by atoms with Crippen LogP contribution in [0.3, 0.4) is 0 Å². The molecule has 0 bridgehead atoms. The summed E-state index contributed by atoms with van der Waals surface area (Å²) in [6.45, 7) is 4.76. The van der Waals surface area contributed by atoms with E-state index in [1.54, 1.807) is 23.9 Å². The number of ether oxygens (including phenoxy) is 1. The van der Waals surface area contributed by atoms with Gasteiger partial charge in [0.25, 0.3) is 0 Å². The molecule has 2 nitrogen and oxygen atoms in total. The van der Waals surface area contributed by atoms with Gasteiger partial charge in [0.1, 0.15) is 5.82 Å². The van der Waals surface area contributed by atoms with Gasteiger partial charge in [0.05, 0.1) is 6.61 Å². The molecule has 1 heterocycles. The Balaban J connectivity index is 1.96. The third-order valence-corrected chi connectivity index (χ3v) is 4.34. The fourth-order valence-corrected chi connectivity index (χ4v) is 3.35. The highest BCUT2D eigenvalue weighted by molar-refractivity contribution is 8.00. The first kappa shape index (κ1) is 13.8. The Labute approximate surface area is 112 Å². The standard InChI is InChI=1S/C14H20FNOS/c1-2-7-16-13-6-8-17-10-14(13)18-12-5-3-4-11(15)9-12/h3-5,9,13-14,16H,2,6-8,10H2,1H3. The topological polar surface area (TPSA) is 21.3 Å². The molecule has 1 aromatic rings. The minimum atomic E-state index is -0.171. The van der Waals surface area contributed by atoms with E-state index in [2.05, 4.69) is 12.2 Å². The zero-order chi connectivity index (χ0) is 12.8. The molecule has 4 heteroatoms. The Morgan fingerprint density at radius 2 is 2.39 bits per heavy atom. The van der Waals surface area contributed by atoms with E-state index in [0.717, 1.165) is 37.5 Å². The van der Waals surface area contributed by atoms with Crippen molar-refractivity contribution < 1.29 is 9.13 Å². The lowest BCUT2D eigenvalue weighted by atomic mass is 10.1. The van der Waals surface area contributed by atoms with Crippen LogP contribution in [0.2, 0.25) is 0 Å². The van der Waals surface area contributed by atoms with E-state index < -0.39 is 0 Å². The van der Waals surface area contributed by atoms with Crippen molar-refractivity contribution in [2.75, 3.05) is 19.8 Å². The maximum Gasteiger partial charge on any atom is 0.124 e. The third-order valence-electron chi connectivity index (χ3n) is 3.04. The number of hydrogen-bond acceptors (Lipinski definition) is 3. The van der Waals surface area contributed by atoms with Gasteiger partial charge in [-0.3, -0.25) is 0 Å². The molecule has 0 spiro atoms. The minimum Gasteiger partial charge on any atom is -0.380 e. The molecule has 1 aliphatic heterocycles. The van der Waals surface area contributed by atoms with Gasteiger partial charge in [-0.25, -0.2) is 4.39 Å². The number of hydrogen-bond donors (Lipinski definition) is 1. The molecule has 2 unspecified atom stereocenters. The van der Waals surface area contributed by atoms with Crippen LogP contribution in [0.15, 0.2) is 29.2 Å². The van der Waals surface area contributed by atoms with Gasteiger partial charge in [0, 0.05) is 22.8 Å². The number of rotatable bonds is 5. The number of halogens is 1. The van der Waals surface area contributed by atoms with Gasteiger partial charge in [-0.15, -0.1) is 11.8 Å². The van der Waals surface area contributed by atoms with Gasteiger partial charge in [0.15, 0.2) is 0 Å². The highest BCUT2D eigenvalue weighted by Crippen LogP contribution is 2.29. The fraction of sp³-hybridized carbons (Fsp3) is 0.571. The predicted molar refractivity (Wildman–Crippen MR) is 73.6 cm³/mol. The zero-order valence-electron chi connectivity index (χ0n) is 10.7. The van der Waals surface area contributed by atoms with Crippen LogP contribution < -0.4 is 5.32 Å². The van der Waals surface area contributed by atoms with Crippen molar-refractivity contribution in [2.45, 2.75) is 36.0 Å². The van der Waals surface area contributed by atoms with Crippen molar-refractivity contribution in [2.24, 2.45) is 0 Å². The first-order valence-electron chi connectivity index (χ1n) is 6.53. The monoisotopic (exact) mass is 269 g/mol. The molecule has 1 saturated heterocycles. The molecule has 2 atom stereocenters. The summed E-state index contributed by atoms with van der Waals surface area (Å²) >= 11 is 1.71. The lowest BCUT2D eigenvalue weighted by Gasteiger charge is -2.31. The van der Waals surface area contributed by atoms with Crippen LogP contribution in [0.25, 0.3) is 0 Å². The first-order valence-corrected chi connectivity index (χ1v) is 7.41. The fourth-order valence-electron chi connectivity index (χ4n) is 2.11. The molecule has 1 aliphatic rings. The van der Waals surface area contributed by atoms with Crippen molar-refractivity contribution in [1.82, 2.24) is 5.32 Å². The number of nitrogens with one attached hydrogen (secondary N) is 1. The molecule has 1 aromatic carbocycles. The first-order chi connectivity index (χ1) is 8.79. The average Bonchev–Trinajstić information content (AvgIpc) is 2.38. The summed E-state index contributed by atoms with van der Waals surface area (Å²) in [5.74, 6) is -0.171. The molecular weight excluding hydrogens is 249 g/mol. The van der Waals surface area contributed by atoms with E-state index in [-0.39, 0.29) is 5.82 Å². The van der Waals surface area contributed by atoms with Crippen LogP contribution in [0.1, 0.15) is 19.8 Å². The molecule has 0 saturated carbocycles. The van der Waals surface area contributed by atoms with E-state index >= 15 is 0 Å². The van der Waals surface area contributed by atoms with Gasteiger partial charge >= 0.3 is 0 Å². The van der Waals surface area contributed by atoms with Crippen molar-refractivity contribution in [1.29, 1.82) is 0 Å².